The highest BCUT2D eigenvalue weighted by atomic mass is 16.4. The van der Waals surface area contributed by atoms with Crippen LogP contribution < -0.4 is 15.3 Å². The minimum atomic E-state index is -1.41. The molecule has 0 heterocycles. The van der Waals surface area contributed by atoms with Gasteiger partial charge in [0.15, 0.2) is 0 Å². The van der Waals surface area contributed by atoms with Gasteiger partial charge in [-0.15, -0.1) is 0 Å². The van der Waals surface area contributed by atoms with Crippen LogP contribution in [-0.2, 0) is 4.79 Å². The van der Waals surface area contributed by atoms with Crippen molar-refractivity contribution >= 4 is 29.2 Å². The first-order valence-corrected chi connectivity index (χ1v) is 6.86. The molecule has 0 aromatic heterocycles. The minimum Gasteiger partial charge on any atom is -0.545 e. The summed E-state index contributed by atoms with van der Waals surface area (Å²) in [5, 5.41) is 13.6. The Balaban J connectivity index is 2.18. The molecule has 2 rings (SSSR count). The lowest BCUT2D eigenvalue weighted by molar-refractivity contribution is -0.255. The van der Waals surface area contributed by atoms with Crippen molar-refractivity contribution in [3.05, 3.63) is 59.7 Å². The van der Waals surface area contributed by atoms with Gasteiger partial charge in [-0.05, 0) is 30.3 Å². The number of benzene rings is 2. The molecule has 0 unspecified atom stereocenters. The summed E-state index contributed by atoms with van der Waals surface area (Å²) in [6.07, 6.45) is 0. The largest absolute Gasteiger partial charge is 0.545 e. The van der Waals surface area contributed by atoms with Crippen molar-refractivity contribution in [1.82, 2.24) is 0 Å². The Kier molecular flexibility index (Phi) is 4.75. The standard InChI is InChI=1S/C17H16N2O4/c1-11(20)19(2)13-9-7-12(8-10-13)18-16(21)14-5-3-4-6-15(14)17(22)23/h3-10H,1-2H3,(H,18,21)(H,22,23)/p-1. The molecule has 0 spiro atoms. The molecule has 118 valence electrons. The molecule has 0 saturated carbocycles. The van der Waals surface area contributed by atoms with Gasteiger partial charge in [0, 0.05) is 36.5 Å². The fourth-order valence-corrected chi connectivity index (χ4v) is 2.01. The predicted molar refractivity (Wildman–Crippen MR) is 84.3 cm³/mol. The Hall–Kier alpha value is -3.15. The maximum Gasteiger partial charge on any atom is 0.256 e. The summed E-state index contributed by atoms with van der Waals surface area (Å²) in [7, 11) is 1.64. The molecule has 0 radical (unpaired) electrons. The lowest BCUT2D eigenvalue weighted by Crippen LogP contribution is -2.26. The van der Waals surface area contributed by atoms with Crippen LogP contribution in [0, 0.1) is 0 Å². The number of hydrogen-bond donors (Lipinski definition) is 1. The van der Waals surface area contributed by atoms with E-state index in [0.717, 1.165) is 0 Å². The Morgan fingerprint density at radius 2 is 1.52 bits per heavy atom. The van der Waals surface area contributed by atoms with E-state index in [9.17, 15) is 19.5 Å². The molecule has 1 N–H and O–H groups in total. The molecule has 2 aromatic carbocycles. The van der Waals surface area contributed by atoms with Crippen LogP contribution in [0.1, 0.15) is 27.6 Å². The van der Waals surface area contributed by atoms with Crippen molar-refractivity contribution in [1.29, 1.82) is 0 Å². The molecular weight excluding hydrogens is 296 g/mol. The van der Waals surface area contributed by atoms with E-state index in [0.29, 0.717) is 11.4 Å². The van der Waals surface area contributed by atoms with Gasteiger partial charge in [0.2, 0.25) is 5.91 Å². The number of carboxylic acids is 1. The third-order valence-corrected chi connectivity index (χ3v) is 3.38. The van der Waals surface area contributed by atoms with Crippen LogP contribution in [0.2, 0.25) is 0 Å². The fraction of sp³-hybridized carbons (Fsp3) is 0.118. The third-order valence-electron chi connectivity index (χ3n) is 3.38. The average molecular weight is 311 g/mol. The van der Waals surface area contributed by atoms with Gasteiger partial charge in [-0.25, -0.2) is 0 Å². The van der Waals surface area contributed by atoms with Crippen molar-refractivity contribution in [2.24, 2.45) is 0 Å². The van der Waals surface area contributed by atoms with Gasteiger partial charge in [-0.1, -0.05) is 18.2 Å². The number of nitrogens with one attached hydrogen (secondary N) is 1. The van der Waals surface area contributed by atoms with Gasteiger partial charge in [-0.3, -0.25) is 9.59 Å². The highest BCUT2D eigenvalue weighted by Crippen LogP contribution is 2.18. The molecule has 0 aliphatic rings. The summed E-state index contributed by atoms with van der Waals surface area (Å²) in [6, 6.07) is 12.5. The minimum absolute atomic E-state index is 0.0254. The molecule has 23 heavy (non-hydrogen) atoms. The number of anilines is 2. The van der Waals surface area contributed by atoms with Gasteiger partial charge >= 0.3 is 0 Å². The van der Waals surface area contributed by atoms with Gasteiger partial charge in [0.25, 0.3) is 5.91 Å². The zero-order chi connectivity index (χ0) is 17.0. The smallest absolute Gasteiger partial charge is 0.256 e. The van der Waals surface area contributed by atoms with E-state index in [4.69, 9.17) is 0 Å². The lowest BCUT2D eigenvalue weighted by atomic mass is 10.1. The number of carboxylic acid groups (broad SMARTS) is 1. The molecule has 2 aromatic rings. The van der Waals surface area contributed by atoms with E-state index in [2.05, 4.69) is 5.32 Å². The second-order valence-electron chi connectivity index (χ2n) is 4.91. The number of carbonyl (C=O) groups excluding carboxylic acids is 3. The van der Waals surface area contributed by atoms with Crippen LogP contribution in [0.3, 0.4) is 0 Å². The molecular formula is C17H15N2O4-. The van der Waals surface area contributed by atoms with E-state index in [-0.39, 0.29) is 17.0 Å². The lowest BCUT2D eigenvalue weighted by Gasteiger charge is -2.15. The van der Waals surface area contributed by atoms with E-state index in [1.807, 2.05) is 0 Å². The molecule has 0 fully saturated rings. The molecule has 0 saturated heterocycles. The van der Waals surface area contributed by atoms with Gasteiger partial charge < -0.3 is 20.1 Å². The Bertz CT molecular complexity index is 753. The van der Waals surface area contributed by atoms with Crippen LogP contribution in [0.25, 0.3) is 0 Å². The molecule has 6 nitrogen and oxygen atoms in total. The van der Waals surface area contributed by atoms with Crippen molar-refractivity contribution in [3.8, 4) is 0 Å². The normalized spacial score (nSPS) is 10.0. The Morgan fingerprint density at radius 3 is 2.04 bits per heavy atom. The first kappa shape index (κ1) is 16.2. The van der Waals surface area contributed by atoms with Crippen molar-refractivity contribution in [2.75, 3.05) is 17.3 Å². The SMILES string of the molecule is CC(=O)N(C)c1ccc(NC(=O)c2ccccc2C(=O)[O-])cc1. The topological polar surface area (TPSA) is 89.5 Å². The van der Waals surface area contributed by atoms with Crippen molar-refractivity contribution in [2.45, 2.75) is 6.92 Å². The summed E-state index contributed by atoms with van der Waals surface area (Å²) in [6.45, 7) is 1.45. The number of hydrogen-bond acceptors (Lipinski definition) is 4. The summed E-state index contributed by atoms with van der Waals surface area (Å²) in [4.78, 5) is 36.0. The molecule has 2 amide bonds. The quantitative estimate of drug-likeness (QED) is 0.921. The Morgan fingerprint density at radius 1 is 0.957 bits per heavy atom. The highest BCUT2D eigenvalue weighted by Gasteiger charge is 2.12. The van der Waals surface area contributed by atoms with Gasteiger partial charge in [0.1, 0.15) is 0 Å². The average Bonchev–Trinajstić information content (AvgIpc) is 2.54. The molecule has 0 aliphatic heterocycles. The van der Waals surface area contributed by atoms with Crippen LogP contribution in [0.4, 0.5) is 11.4 Å². The molecule has 0 atom stereocenters. The summed E-state index contributed by atoms with van der Waals surface area (Å²) < 4.78 is 0. The van der Waals surface area contributed by atoms with Crippen molar-refractivity contribution < 1.29 is 19.5 Å². The van der Waals surface area contributed by atoms with Gasteiger partial charge in [-0.2, -0.15) is 0 Å². The second-order valence-corrected chi connectivity index (χ2v) is 4.91. The first-order chi connectivity index (χ1) is 10.9. The van der Waals surface area contributed by atoms with E-state index >= 15 is 0 Å². The van der Waals surface area contributed by atoms with Crippen LogP contribution in [0.5, 0.6) is 0 Å². The third kappa shape index (κ3) is 3.74. The summed E-state index contributed by atoms with van der Waals surface area (Å²) >= 11 is 0. The first-order valence-electron chi connectivity index (χ1n) is 6.86. The number of carbonyl (C=O) groups is 3. The zero-order valence-corrected chi connectivity index (χ0v) is 12.7. The number of amides is 2. The molecule has 0 aliphatic carbocycles. The predicted octanol–water partition coefficient (Wildman–Crippen LogP) is 1.29. The van der Waals surface area contributed by atoms with E-state index < -0.39 is 11.9 Å². The number of nitrogens with zero attached hydrogens (tertiary/aromatic N) is 1. The maximum absolute atomic E-state index is 12.2. The molecule has 6 heteroatoms. The van der Waals surface area contributed by atoms with Crippen LogP contribution >= 0.6 is 0 Å². The summed E-state index contributed by atoms with van der Waals surface area (Å²) in [5.74, 6) is -2.06. The Labute approximate surface area is 133 Å². The second kappa shape index (κ2) is 6.74. The van der Waals surface area contributed by atoms with Crippen molar-refractivity contribution in [3.63, 3.8) is 0 Å². The molecule has 0 bridgehead atoms. The zero-order valence-electron chi connectivity index (χ0n) is 12.7. The monoisotopic (exact) mass is 311 g/mol. The number of rotatable bonds is 4. The van der Waals surface area contributed by atoms with E-state index in [1.165, 1.54) is 30.0 Å². The number of aromatic carboxylic acids is 1. The summed E-state index contributed by atoms with van der Waals surface area (Å²) in [5.41, 5.74) is 1.03. The fourth-order valence-electron chi connectivity index (χ4n) is 2.01. The van der Waals surface area contributed by atoms with Crippen LogP contribution in [0.15, 0.2) is 48.5 Å². The van der Waals surface area contributed by atoms with Gasteiger partial charge in [0.05, 0.1) is 5.97 Å². The highest BCUT2D eigenvalue weighted by molar-refractivity contribution is 6.10. The maximum atomic E-state index is 12.2. The van der Waals surface area contributed by atoms with Crippen LogP contribution in [-0.4, -0.2) is 24.8 Å². The van der Waals surface area contributed by atoms with E-state index in [1.54, 1.807) is 37.4 Å².